The topological polar surface area (TPSA) is 97.3 Å². The van der Waals surface area contributed by atoms with Crippen LogP contribution < -0.4 is 5.32 Å². The van der Waals surface area contributed by atoms with E-state index in [4.69, 9.17) is 8.94 Å². The highest BCUT2D eigenvalue weighted by Crippen LogP contribution is 2.29. The number of nitrogens with zero attached hydrogens (tertiary/aromatic N) is 4. The van der Waals surface area contributed by atoms with Crippen molar-refractivity contribution in [2.45, 2.75) is 44.9 Å². The maximum Gasteiger partial charge on any atom is 0.321 e. The van der Waals surface area contributed by atoms with E-state index in [1.165, 1.54) is 0 Å². The minimum Gasteiger partial charge on any atom is -0.440 e. The van der Waals surface area contributed by atoms with E-state index in [1.54, 1.807) is 0 Å². The molecular formula is C25H27N5O3. The van der Waals surface area contributed by atoms with Crippen molar-refractivity contribution in [3.8, 4) is 11.4 Å². The molecule has 1 aliphatic heterocycles. The number of amides is 2. The van der Waals surface area contributed by atoms with E-state index in [2.05, 4.69) is 20.4 Å². The zero-order chi connectivity index (χ0) is 23.0. The fourth-order valence-corrected chi connectivity index (χ4v) is 3.98. The molecule has 0 bridgehead atoms. The molecule has 0 saturated carbocycles. The number of piperidine rings is 1. The molecule has 170 valence electrons. The fourth-order valence-electron chi connectivity index (χ4n) is 3.98. The number of aromatic nitrogens is 3. The van der Waals surface area contributed by atoms with E-state index in [9.17, 15) is 4.79 Å². The van der Waals surface area contributed by atoms with Crippen LogP contribution >= 0.6 is 0 Å². The molecule has 1 unspecified atom stereocenters. The summed E-state index contributed by atoms with van der Waals surface area (Å²) in [7, 11) is 0. The monoisotopic (exact) mass is 445 g/mol. The Balaban J connectivity index is 1.24. The van der Waals surface area contributed by atoms with E-state index in [1.807, 2.05) is 74.2 Å². The van der Waals surface area contributed by atoms with Gasteiger partial charge in [0.15, 0.2) is 11.5 Å². The Hall–Kier alpha value is -3.68. The summed E-state index contributed by atoms with van der Waals surface area (Å²) in [5, 5.41) is 7.06. The highest BCUT2D eigenvalue weighted by Gasteiger charge is 2.28. The molecule has 2 aromatic heterocycles. The number of benzene rings is 2. The van der Waals surface area contributed by atoms with Crippen molar-refractivity contribution in [2.75, 3.05) is 18.4 Å². The van der Waals surface area contributed by atoms with Crippen LogP contribution in [0.3, 0.4) is 0 Å². The lowest BCUT2D eigenvalue weighted by atomic mass is 9.97. The van der Waals surface area contributed by atoms with E-state index in [0.717, 1.165) is 29.5 Å². The first-order chi connectivity index (χ1) is 15.9. The van der Waals surface area contributed by atoms with Gasteiger partial charge in [-0.2, -0.15) is 4.98 Å². The third-order valence-electron chi connectivity index (χ3n) is 5.83. The number of likely N-dealkylation sites (tertiary alicyclic amines) is 1. The highest BCUT2D eigenvalue weighted by molar-refractivity contribution is 5.89. The molecule has 33 heavy (non-hydrogen) atoms. The highest BCUT2D eigenvalue weighted by atomic mass is 16.5. The summed E-state index contributed by atoms with van der Waals surface area (Å²) in [6, 6.07) is 15.1. The van der Waals surface area contributed by atoms with Gasteiger partial charge in [0.2, 0.25) is 11.7 Å². The minimum atomic E-state index is -0.205. The minimum absolute atomic E-state index is 0.0922. The average molecular weight is 446 g/mol. The van der Waals surface area contributed by atoms with Crippen molar-refractivity contribution in [3.05, 3.63) is 60.3 Å². The fraction of sp³-hybridized carbons (Fsp3) is 0.360. The predicted octanol–water partition coefficient (Wildman–Crippen LogP) is 5.59. The number of anilines is 1. The number of rotatable bonds is 3. The molecule has 1 aliphatic rings. The zero-order valence-corrected chi connectivity index (χ0v) is 19.0. The van der Waals surface area contributed by atoms with Crippen molar-refractivity contribution >= 4 is 22.8 Å². The summed E-state index contributed by atoms with van der Waals surface area (Å²) in [6.45, 7) is 7.36. The molecule has 0 aliphatic carbocycles. The van der Waals surface area contributed by atoms with Gasteiger partial charge in [-0.05, 0) is 49.2 Å². The Morgan fingerprint density at radius 3 is 2.61 bits per heavy atom. The summed E-state index contributed by atoms with van der Waals surface area (Å²) in [4.78, 5) is 23.8. The van der Waals surface area contributed by atoms with Crippen molar-refractivity contribution < 1.29 is 13.7 Å². The maximum absolute atomic E-state index is 12.9. The van der Waals surface area contributed by atoms with Crippen LogP contribution in [0.1, 0.15) is 51.3 Å². The molecule has 1 fully saturated rings. The van der Waals surface area contributed by atoms with E-state index < -0.39 is 0 Å². The van der Waals surface area contributed by atoms with Crippen LogP contribution in [0.5, 0.6) is 0 Å². The summed E-state index contributed by atoms with van der Waals surface area (Å²) in [5.74, 6) is 1.92. The van der Waals surface area contributed by atoms with Crippen molar-refractivity contribution in [3.63, 3.8) is 0 Å². The quantitative estimate of drug-likeness (QED) is 0.442. The number of oxazole rings is 1. The summed E-state index contributed by atoms with van der Waals surface area (Å²) in [5.41, 5.74) is 2.98. The second-order valence-electron chi connectivity index (χ2n) is 9.49. The first-order valence-corrected chi connectivity index (χ1v) is 11.2. The van der Waals surface area contributed by atoms with Gasteiger partial charge in [0.1, 0.15) is 5.52 Å². The van der Waals surface area contributed by atoms with Crippen molar-refractivity contribution in [1.29, 1.82) is 0 Å². The number of para-hydroxylation sites is 2. The Labute approximate surface area is 192 Å². The van der Waals surface area contributed by atoms with Crippen LogP contribution in [0.2, 0.25) is 0 Å². The van der Waals surface area contributed by atoms with E-state index in [-0.39, 0.29) is 17.4 Å². The first kappa shape index (κ1) is 21.2. The Bertz CT molecular complexity index is 1240. The lowest BCUT2D eigenvalue weighted by Gasteiger charge is -2.31. The Morgan fingerprint density at radius 1 is 1.09 bits per heavy atom. The molecule has 0 spiro atoms. The molecule has 1 N–H and O–H groups in total. The number of carbonyl (C=O) groups excluding carboxylic acids is 1. The SMILES string of the molecule is CC(C)(C)c1nc(-c2ccc(NC(=O)N3CCCC(c4nc5ccccc5o4)C3)cc2)no1. The molecule has 3 heterocycles. The maximum atomic E-state index is 12.9. The molecule has 1 saturated heterocycles. The van der Waals surface area contributed by atoms with Crippen molar-refractivity contribution in [1.82, 2.24) is 20.0 Å². The van der Waals surface area contributed by atoms with Crippen LogP contribution in [0, 0.1) is 0 Å². The number of fused-ring (bicyclic) bond motifs is 1. The lowest BCUT2D eigenvalue weighted by molar-refractivity contribution is 0.187. The van der Waals surface area contributed by atoms with Crippen LogP contribution in [0.25, 0.3) is 22.5 Å². The Morgan fingerprint density at radius 2 is 1.88 bits per heavy atom. The zero-order valence-electron chi connectivity index (χ0n) is 19.0. The lowest BCUT2D eigenvalue weighted by Crippen LogP contribution is -2.41. The normalized spacial score (nSPS) is 16.8. The van der Waals surface area contributed by atoms with E-state index in [0.29, 0.717) is 36.4 Å². The van der Waals surface area contributed by atoms with Gasteiger partial charge in [-0.15, -0.1) is 0 Å². The van der Waals surface area contributed by atoms with E-state index >= 15 is 0 Å². The third-order valence-corrected chi connectivity index (χ3v) is 5.83. The summed E-state index contributed by atoms with van der Waals surface area (Å²) < 4.78 is 11.3. The molecule has 2 aromatic carbocycles. The first-order valence-electron chi connectivity index (χ1n) is 11.2. The van der Waals surface area contributed by atoms with Gasteiger partial charge in [0, 0.05) is 29.8 Å². The molecule has 8 heteroatoms. The van der Waals surface area contributed by atoms with Gasteiger partial charge in [0.05, 0.1) is 5.92 Å². The third kappa shape index (κ3) is 4.46. The predicted molar refractivity (Wildman–Crippen MR) is 125 cm³/mol. The average Bonchev–Trinajstić information content (AvgIpc) is 3.47. The largest absolute Gasteiger partial charge is 0.440 e. The van der Waals surface area contributed by atoms with Crippen LogP contribution in [-0.4, -0.2) is 39.1 Å². The second kappa shape index (κ2) is 8.35. The van der Waals surface area contributed by atoms with Gasteiger partial charge >= 0.3 is 6.03 Å². The summed E-state index contributed by atoms with van der Waals surface area (Å²) in [6.07, 6.45) is 1.86. The Kier molecular flexibility index (Phi) is 5.36. The van der Waals surface area contributed by atoms with Gasteiger partial charge in [-0.25, -0.2) is 9.78 Å². The van der Waals surface area contributed by atoms with Gasteiger partial charge in [-0.1, -0.05) is 38.1 Å². The van der Waals surface area contributed by atoms with Crippen molar-refractivity contribution in [2.24, 2.45) is 0 Å². The van der Waals surface area contributed by atoms with Crippen LogP contribution in [-0.2, 0) is 5.41 Å². The smallest absolute Gasteiger partial charge is 0.321 e. The number of carbonyl (C=O) groups is 1. The number of urea groups is 1. The van der Waals surface area contributed by atoms with Crippen LogP contribution in [0.15, 0.2) is 57.5 Å². The molecule has 1 atom stereocenters. The number of hydrogen-bond donors (Lipinski definition) is 1. The van der Waals surface area contributed by atoms with Gasteiger partial charge in [0.25, 0.3) is 0 Å². The second-order valence-corrected chi connectivity index (χ2v) is 9.49. The van der Waals surface area contributed by atoms with Gasteiger partial charge in [-0.3, -0.25) is 0 Å². The number of nitrogens with one attached hydrogen (secondary N) is 1. The van der Waals surface area contributed by atoms with Crippen LogP contribution in [0.4, 0.5) is 10.5 Å². The molecule has 5 rings (SSSR count). The molecular weight excluding hydrogens is 418 g/mol. The number of hydrogen-bond acceptors (Lipinski definition) is 6. The molecule has 4 aromatic rings. The standard InChI is InChI=1S/C25H27N5O3/c1-25(2,3)23-28-21(29-33-23)16-10-12-18(13-11-16)26-24(31)30-14-6-7-17(15-30)22-27-19-8-4-5-9-20(19)32-22/h4-5,8-13,17H,6-7,14-15H2,1-3H3,(H,26,31). The summed E-state index contributed by atoms with van der Waals surface area (Å²) >= 11 is 0. The molecule has 8 nitrogen and oxygen atoms in total. The van der Waals surface area contributed by atoms with Gasteiger partial charge < -0.3 is 19.2 Å². The molecule has 2 amide bonds. The molecule has 0 radical (unpaired) electrons.